The molecule has 24 heavy (non-hydrogen) atoms. The van der Waals surface area contributed by atoms with Crippen LogP contribution >= 0.6 is 11.3 Å². The van der Waals surface area contributed by atoms with Gasteiger partial charge in [-0.3, -0.25) is 4.90 Å². The number of nitrogens with zero attached hydrogens (tertiary/aromatic N) is 2. The average molecular weight is 360 g/mol. The fraction of sp³-hybridized carbons (Fsp3) is 0.438. The molecule has 8 heteroatoms. The van der Waals surface area contributed by atoms with Crippen LogP contribution in [0.5, 0.6) is 0 Å². The van der Waals surface area contributed by atoms with Crippen LogP contribution in [0.2, 0.25) is 0 Å². The summed E-state index contributed by atoms with van der Waals surface area (Å²) < 4.78 is 51.1. The lowest BCUT2D eigenvalue weighted by molar-refractivity contribution is -0.137. The van der Waals surface area contributed by atoms with E-state index in [9.17, 15) is 22.7 Å². The quantitative estimate of drug-likeness (QED) is 0.841. The minimum absolute atomic E-state index is 0.194. The second-order valence-electron chi connectivity index (χ2n) is 5.74. The SMILES string of the molecule is OCc1sc(-c2ccc(C(F)(F)F)cc2)nc1CN1CC[C@H](F)C1. The standard InChI is InChI=1S/C16H16F4N2OS/c17-12-5-6-22(7-12)8-13-14(9-23)24-15(21-13)10-1-3-11(4-2-10)16(18,19)20/h1-4,12,23H,5-9H2/t12-/m0/s1. The molecule has 1 aromatic heterocycles. The van der Waals surface area contributed by atoms with Gasteiger partial charge >= 0.3 is 6.18 Å². The van der Waals surface area contributed by atoms with Crippen LogP contribution in [0, 0.1) is 0 Å². The molecule has 1 N–H and O–H groups in total. The molecule has 1 aromatic carbocycles. The van der Waals surface area contributed by atoms with E-state index in [1.807, 2.05) is 4.90 Å². The zero-order valence-corrected chi connectivity index (χ0v) is 13.5. The Morgan fingerprint density at radius 2 is 1.96 bits per heavy atom. The van der Waals surface area contributed by atoms with Gasteiger partial charge in [0.05, 0.1) is 22.7 Å². The van der Waals surface area contributed by atoms with Crippen molar-refractivity contribution in [1.29, 1.82) is 0 Å². The van der Waals surface area contributed by atoms with Crippen molar-refractivity contribution in [3.63, 3.8) is 0 Å². The van der Waals surface area contributed by atoms with Crippen LogP contribution in [0.25, 0.3) is 10.6 Å². The molecule has 0 spiro atoms. The summed E-state index contributed by atoms with van der Waals surface area (Å²) in [5.74, 6) is 0. The van der Waals surface area contributed by atoms with E-state index in [-0.39, 0.29) is 6.61 Å². The number of aliphatic hydroxyl groups is 1. The minimum atomic E-state index is -4.37. The van der Waals surface area contributed by atoms with E-state index in [0.717, 1.165) is 12.1 Å². The highest BCUT2D eigenvalue weighted by Gasteiger charge is 2.30. The Morgan fingerprint density at radius 3 is 2.50 bits per heavy atom. The number of benzene rings is 1. The second kappa shape index (κ2) is 6.78. The van der Waals surface area contributed by atoms with Gasteiger partial charge in [-0.2, -0.15) is 13.2 Å². The molecule has 0 unspecified atom stereocenters. The van der Waals surface area contributed by atoms with Crippen molar-refractivity contribution in [3.05, 3.63) is 40.4 Å². The second-order valence-corrected chi connectivity index (χ2v) is 6.83. The van der Waals surface area contributed by atoms with E-state index in [4.69, 9.17) is 0 Å². The zero-order chi connectivity index (χ0) is 17.3. The lowest BCUT2D eigenvalue weighted by atomic mass is 10.1. The van der Waals surface area contributed by atoms with Gasteiger partial charge in [0.25, 0.3) is 0 Å². The Bertz CT molecular complexity index is 699. The van der Waals surface area contributed by atoms with Gasteiger partial charge in [-0.05, 0) is 18.6 Å². The third kappa shape index (κ3) is 3.76. The van der Waals surface area contributed by atoms with Gasteiger partial charge in [0.15, 0.2) is 0 Å². The summed E-state index contributed by atoms with van der Waals surface area (Å²) in [6.45, 7) is 1.23. The highest BCUT2D eigenvalue weighted by molar-refractivity contribution is 7.15. The number of aromatic nitrogens is 1. The van der Waals surface area contributed by atoms with Gasteiger partial charge in [-0.15, -0.1) is 11.3 Å². The minimum Gasteiger partial charge on any atom is -0.391 e. The van der Waals surface area contributed by atoms with Gasteiger partial charge in [0.1, 0.15) is 11.2 Å². The van der Waals surface area contributed by atoms with Crippen molar-refractivity contribution in [1.82, 2.24) is 9.88 Å². The molecular weight excluding hydrogens is 344 g/mol. The van der Waals surface area contributed by atoms with Crippen LogP contribution in [0.15, 0.2) is 24.3 Å². The van der Waals surface area contributed by atoms with Crippen molar-refractivity contribution in [3.8, 4) is 10.6 Å². The van der Waals surface area contributed by atoms with Gasteiger partial charge in [0, 0.05) is 25.2 Å². The maximum Gasteiger partial charge on any atom is 0.416 e. The van der Waals surface area contributed by atoms with E-state index in [2.05, 4.69) is 4.98 Å². The number of hydrogen-bond acceptors (Lipinski definition) is 4. The van der Waals surface area contributed by atoms with Crippen LogP contribution in [0.1, 0.15) is 22.6 Å². The molecule has 1 atom stereocenters. The molecule has 1 fully saturated rings. The van der Waals surface area contributed by atoms with Gasteiger partial charge < -0.3 is 5.11 Å². The predicted octanol–water partition coefficient (Wildman–Crippen LogP) is 3.87. The Hall–Kier alpha value is -1.51. The van der Waals surface area contributed by atoms with E-state index in [0.29, 0.717) is 47.2 Å². The molecule has 1 aliphatic heterocycles. The van der Waals surface area contributed by atoms with Gasteiger partial charge in [-0.25, -0.2) is 9.37 Å². The number of hydrogen-bond donors (Lipinski definition) is 1. The summed E-state index contributed by atoms with van der Waals surface area (Å²) in [5, 5.41) is 10.0. The highest BCUT2D eigenvalue weighted by Crippen LogP contribution is 2.33. The number of thiazole rings is 1. The number of aliphatic hydroxyl groups excluding tert-OH is 1. The monoisotopic (exact) mass is 360 g/mol. The predicted molar refractivity (Wildman–Crippen MR) is 83.3 cm³/mol. The molecule has 2 aromatic rings. The Balaban J connectivity index is 1.81. The highest BCUT2D eigenvalue weighted by atomic mass is 32.1. The molecule has 0 saturated carbocycles. The van der Waals surface area contributed by atoms with Crippen LogP contribution in [0.4, 0.5) is 17.6 Å². The molecule has 1 saturated heterocycles. The molecular formula is C16H16F4N2OS. The van der Waals surface area contributed by atoms with Crippen molar-refractivity contribution < 1.29 is 22.7 Å². The maximum atomic E-state index is 13.3. The van der Waals surface area contributed by atoms with E-state index < -0.39 is 17.9 Å². The van der Waals surface area contributed by atoms with Crippen molar-refractivity contribution in [2.24, 2.45) is 0 Å². The normalized spacial score (nSPS) is 19.1. The molecule has 0 bridgehead atoms. The molecule has 1 aliphatic rings. The third-order valence-electron chi connectivity index (χ3n) is 3.97. The van der Waals surface area contributed by atoms with Crippen LogP contribution in [0.3, 0.4) is 0 Å². The first-order valence-electron chi connectivity index (χ1n) is 7.50. The smallest absolute Gasteiger partial charge is 0.391 e. The number of likely N-dealkylation sites (tertiary alicyclic amines) is 1. The largest absolute Gasteiger partial charge is 0.416 e. The van der Waals surface area contributed by atoms with Gasteiger partial charge in [0.2, 0.25) is 0 Å². The lowest BCUT2D eigenvalue weighted by Crippen LogP contribution is -2.21. The average Bonchev–Trinajstić information content (AvgIpc) is 3.13. The zero-order valence-electron chi connectivity index (χ0n) is 12.7. The molecule has 130 valence electrons. The number of halogens is 4. The van der Waals surface area contributed by atoms with Crippen LogP contribution < -0.4 is 0 Å². The Morgan fingerprint density at radius 1 is 1.25 bits per heavy atom. The maximum absolute atomic E-state index is 13.3. The first-order chi connectivity index (χ1) is 11.4. The number of rotatable bonds is 4. The molecule has 0 radical (unpaired) electrons. The molecule has 0 amide bonds. The topological polar surface area (TPSA) is 36.4 Å². The summed E-state index contributed by atoms with van der Waals surface area (Å²) in [6.07, 6.45) is -4.72. The van der Waals surface area contributed by atoms with E-state index >= 15 is 0 Å². The fourth-order valence-electron chi connectivity index (χ4n) is 2.70. The Labute approximate surface area is 140 Å². The van der Waals surface area contributed by atoms with Crippen molar-refractivity contribution in [2.75, 3.05) is 13.1 Å². The summed E-state index contributed by atoms with van der Waals surface area (Å²) in [7, 11) is 0. The van der Waals surface area contributed by atoms with E-state index in [1.165, 1.54) is 23.5 Å². The van der Waals surface area contributed by atoms with Crippen molar-refractivity contribution >= 4 is 11.3 Å². The van der Waals surface area contributed by atoms with E-state index in [1.54, 1.807) is 0 Å². The van der Waals surface area contributed by atoms with Crippen molar-refractivity contribution in [2.45, 2.75) is 31.9 Å². The van der Waals surface area contributed by atoms with Crippen LogP contribution in [-0.2, 0) is 19.3 Å². The lowest BCUT2D eigenvalue weighted by Gasteiger charge is -2.13. The fourth-order valence-corrected chi connectivity index (χ4v) is 3.63. The summed E-state index contributed by atoms with van der Waals surface area (Å²) in [5.41, 5.74) is 0.515. The number of alkyl halides is 4. The molecule has 0 aliphatic carbocycles. The summed E-state index contributed by atoms with van der Waals surface area (Å²) in [6, 6.07) is 4.78. The summed E-state index contributed by atoms with van der Waals surface area (Å²) in [4.78, 5) is 7.03. The van der Waals surface area contributed by atoms with Crippen LogP contribution in [-0.4, -0.2) is 34.3 Å². The van der Waals surface area contributed by atoms with Gasteiger partial charge in [-0.1, -0.05) is 12.1 Å². The first kappa shape index (κ1) is 17.3. The molecule has 3 rings (SSSR count). The third-order valence-corrected chi connectivity index (χ3v) is 5.10. The summed E-state index contributed by atoms with van der Waals surface area (Å²) >= 11 is 1.25. The first-order valence-corrected chi connectivity index (χ1v) is 8.32. The molecule has 2 heterocycles. The Kier molecular flexibility index (Phi) is 4.89. The molecule has 3 nitrogen and oxygen atoms in total.